The Hall–Kier alpha value is -2.50. The molecule has 0 saturated heterocycles. The molecular weight excluding hydrogens is 347 g/mol. The first-order chi connectivity index (χ1) is 12.6. The number of benzene rings is 1. The number of hydrogen-bond donors (Lipinski definition) is 1. The summed E-state index contributed by atoms with van der Waals surface area (Å²) < 4.78 is 13.4. The quantitative estimate of drug-likeness (QED) is 0.741. The molecule has 132 valence electrons. The van der Waals surface area contributed by atoms with Crippen molar-refractivity contribution in [2.75, 3.05) is 13.6 Å². The van der Waals surface area contributed by atoms with E-state index < -0.39 is 6.10 Å². The number of likely N-dealkylation sites (N-methyl/N-ethyl adjacent to an activating group) is 1. The molecule has 0 amide bonds. The zero-order valence-electron chi connectivity index (χ0n) is 14.3. The van der Waals surface area contributed by atoms with Crippen molar-refractivity contribution in [2.24, 2.45) is 0 Å². The first-order valence-electron chi connectivity index (χ1n) is 8.47. The number of thiophene rings is 1. The molecule has 2 aromatic heterocycles. The fourth-order valence-corrected chi connectivity index (χ4v) is 4.45. The molecule has 3 nitrogen and oxygen atoms in total. The lowest BCUT2D eigenvalue weighted by molar-refractivity contribution is 0.210. The molecule has 0 aliphatic carbocycles. The summed E-state index contributed by atoms with van der Waals surface area (Å²) in [6.07, 6.45) is 2.63. The number of aliphatic hydroxyl groups is 1. The summed E-state index contributed by atoms with van der Waals surface area (Å²) in [6, 6.07) is 14.3. The smallest absolute Gasteiger partial charge is 0.123 e. The largest absolute Gasteiger partial charge is 0.384 e. The number of nitrogens with zero attached hydrogens (tertiary/aromatic N) is 2. The van der Waals surface area contributed by atoms with Crippen LogP contribution in [-0.2, 0) is 0 Å². The molecule has 2 unspecified atom stereocenters. The van der Waals surface area contributed by atoms with Crippen molar-refractivity contribution in [3.8, 4) is 0 Å². The predicted molar refractivity (Wildman–Crippen MR) is 102 cm³/mol. The van der Waals surface area contributed by atoms with Gasteiger partial charge in [0, 0.05) is 48.0 Å². The number of rotatable bonds is 4. The van der Waals surface area contributed by atoms with Gasteiger partial charge in [0.1, 0.15) is 11.9 Å². The second-order valence-electron chi connectivity index (χ2n) is 6.45. The van der Waals surface area contributed by atoms with Gasteiger partial charge in [-0.15, -0.1) is 11.3 Å². The molecule has 3 aromatic rings. The second kappa shape index (κ2) is 7.02. The first kappa shape index (κ1) is 16.9. The standard InChI is InChI=1S/C21H19FN2OS/c1-24-13-17(18-5-3-11-26-18)19(21(25)15-4-2-10-23-12-15)20(24)14-6-8-16(22)9-7-14/h2-12,17,21,25H,13H2,1H3. The Morgan fingerprint density at radius 2 is 2.00 bits per heavy atom. The summed E-state index contributed by atoms with van der Waals surface area (Å²) in [5.74, 6) is -0.172. The van der Waals surface area contributed by atoms with Gasteiger partial charge < -0.3 is 10.0 Å². The highest BCUT2D eigenvalue weighted by Crippen LogP contribution is 2.46. The van der Waals surface area contributed by atoms with Crippen LogP contribution < -0.4 is 0 Å². The average Bonchev–Trinajstić information content (AvgIpc) is 3.30. The third kappa shape index (κ3) is 3.04. The molecule has 2 atom stereocenters. The van der Waals surface area contributed by atoms with E-state index in [1.54, 1.807) is 35.9 Å². The van der Waals surface area contributed by atoms with E-state index in [-0.39, 0.29) is 11.7 Å². The van der Waals surface area contributed by atoms with Gasteiger partial charge in [0.05, 0.1) is 0 Å². The van der Waals surface area contributed by atoms with Crippen LogP contribution in [0.2, 0.25) is 0 Å². The molecule has 4 rings (SSSR count). The average molecular weight is 366 g/mol. The molecule has 26 heavy (non-hydrogen) atoms. The molecular formula is C21H19FN2OS. The topological polar surface area (TPSA) is 36.4 Å². The Bertz CT molecular complexity index is 907. The molecule has 5 heteroatoms. The Morgan fingerprint density at radius 3 is 2.65 bits per heavy atom. The highest BCUT2D eigenvalue weighted by molar-refractivity contribution is 7.10. The summed E-state index contributed by atoms with van der Waals surface area (Å²) in [6.45, 7) is 0.778. The van der Waals surface area contributed by atoms with Crippen molar-refractivity contribution < 1.29 is 9.50 Å². The van der Waals surface area contributed by atoms with Crippen molar-refractivity contribution >= 4 is 17.0 Å². The summed E-state index contributed by atoms with van der Waals surface area (Å²) in [4.78, 5) is 7.51. The normalized spacial score (nSPS) is 18.4. The zero-order valence-corrected chi connectivity index (χ0v) is 15.2. The Morgan fingerprint density at radius 1 is 1.19 bits per heavy atom. The maximum atomic E-state index is 13.4. The molecule has 0 saturated carbocycles. The molecule has 0 spiro atoms. The van der Waals surface area contributed by atoms with Gasteiger partial charge in [0.2, 0.25) is 0 Å². The van der Waals surface area contributed by atoms with Crippen molar-refractivity contribution in [1.29, 1.82) is 0 Å². The van der Waals surface area contributed by atoms with E-state index in [0.29, 0.717) is 0 Å². The molecule has 1 aliphatic heterocycles. The highest BCUT2D eigenvalue weighted by Gasteiger charge is 2.36. The van der Waals surface area contributed by atoms with Gasteiger partial charge in [0.15, 0.2) is 0 Å². The van der Waals surface area contributed by atoms with Crippen LogP contribution in [0.4, 0.5) is 4.39 Å². The van der Waals surface area contributed by atoms with Crippen LogP contribution in [-0.4, -0.2) is 28.6 Å². The maximum absolute atomic E-state index is 13.4. The fraction of sp³-hybridized carbons (Fsp3) is 0.190. The van der Waals surface area contributed by atoms with Gasteiger partial charge in [-0.1, -0.05) is 12.1 Å². The Labute approximate surface area is 156 Å². The maximum Gasteiger partial charge on any atom is 0.123 e. The molecule has 0 fully saturated rings. The molecule has 3 heterocycles. The van der Waals surface area contributed by atoms with E-state index in [1.165, 1.54) is 17.0 Å². The molecule has 1 aromatic carbocycles. The summed E-state index contributed by atoms with van der Waals surface area (Å²) >= 11 is 1.69. The van der Waals surface area contributed by atoms with Crippen LogP contribution in [0.1, 0.15) is 28.0 Å². The minimum Gasteiger partial charge on any atom is -0.384 e. The number of halogens is 1. The van der Waals surface area contributed by atoms with Gasteiger partial charge in [-0.3, -0.25) is 4.98 Å². The first-order valence-corrected chi connectivity index (χ1v) is 9.35. The minimum atomic E-state index is -0.763. The number of hydrogen-bond acceptors (Lipinski definition) is 4. The van der Waals surface area contributed by atoms with Crippen molar-refractivity contribution in [3.05, 3.63) is 93.7 Å². The highest BCUT2D eigenvalue weighted by atomic mass is 32.1. The number of pyridine rings is 1. The summed E-state index contributed by atoms with van der Waals surface area (Å²) in [5.41, 5.74) is 3.57. The predicted octanol–water partition coefficient (Wildman–Crippen LogP) is 4.46. The SMILES string of the molecule is CN1CC(c2cccs2)C(C(O)c2cccnc2)=C1c1ccc(F)cc1. The van der Waals surface area contributed by atoms with Gasteiger partial charge in [0.25, 0.3) is 0 Å². The van der Waals surface area contributed by atoms with E-state index in [1.807, 2.05) is 25.2 Å². The minimum absolute atomic E-state index is 0.0928. The Kier molecular flexibility index (Phi) is 4.57. The van der Waals surface area contributed by atoms with Crippen LogP contribution >= 0.6 is 11.3 Å². The molecule has 1 N–H and O–H groups in total. The van der Waals surface area contributed by atoms with Crippen LogP contribution in [0, 0.1) is 5.82 Å². The summed E-state index contributed by atoms with van der Waals surface area (Å²) in [7, 11) is 2.02. The number of aliphatic hydroxyl groups excluding tert-OH is 1. The van der Waals surface area contributed by atoms with E-state index in [9.17, 15) is 9.50 Å². The van der Waals surface area contributed by atoms with Crippen molar-refractivity contribution in [1.82, 2.24) is 9.88 Å². The summed E-state index contributed by atoms with van der Waals surface area (Å²) in [5, 5.41) is 13.3. The fourth-order valence-electron chi connectivity index (χ4n) is 3.61. The third-order valence-electron chi connectivity index (χ3n) is 4.79. The molecule has 1 aliphatic rings. The second-order valence-corrected chi connectivity index (χ2v) is 7.43. The lowest BCUT2D eigenvalue weighted by Crippen LogP contribution is -2.15. The lowest BCUT2D eigenvalue weighted by Gasteiger charge is -2.20. The number of aromatic nitrogens is 1. The van der Waals surface area contributed by atoms with E-state index >= 15 is 0 Å². The lowest BCUT2D eigenvalue weighted by atomic mass is 9.89. The van der Waals surface area contributed by atoms with Crippen LogP contribution in [0.5, 0.6) is 0 Å². The van der Waals surface area contributed by atoms with Crippen LogP contribution in [0.15, 0.2) is 71.9 Å². The van der Waals surface area contributed by atoms with Gasteiger partial charge >= 0.3 is 0 Å². The van der Waals surface area contributed by atoms with Gasteiger partial charge in [-0.2, -0.15) is 0 Å². The zero-order chi connectivity index (χ0) is 18.1. The Balaban J connectivity index is 1.87. The van der Waals surface area contributed by atoms with Gasteiger partial charge in [-0.05, 0) is 52.9 Å². The van der Waals surface area contributed by atoms with Crippen LogP contribution in [0.3, 0.4) is 0 Å². The molecule has 0 radical (unpaired) electrons. The van der Waals surface area contributed by atoms with Crippen molar-refractivity contribution in [2.45, 2.75) is 12.0 Å². The monoisotopic (exact) mass is 366 g/mol. The van der Waals surface area contributed by atoms with Crippen LogP contribution in [0.25, 0.3) is 5.70 Å². The van der Waals surface area contributed by atoms with E-state index in [4.69, 9.17) is 0 Å². The van der Waals surface area contributed by atoms with E-state index in [2.05, 4.69) is 21.3 Å². The van der Waals surface area contributed by atoms with Gasteiger partial charge in [-0.25, -0.2) is 4.39 Å². The molecule has 0 bridgehead atoms. The third-order valence-corrected chi connectivity index (χ3v) is 5.77. The van der Waals surface area contributed by atoms with E-state index in [0.717, 1.165) is 28.9 Å². The van der Waals surface area contributed by atoms with Crippen molar-refractivity contribution in [3.63, 3.8) is 0 Å².